The van der Waals surface area contributed by atoms with E-state index in [2.05, 4.69) is 43.1 Å². The summed E-state index contributed by atoms with van der Waals surface area (Å²) in [5.41, 5.74) is 4.07. The highest BCUT2D eigenvalue weighted by atomic mass is 16.6. The molecule has 0 spiro atoms. The van der Waals surface area contributed by atoms with Gasteiger partial charge in [0, 0.05) is 25.9 Å². The van der Waals surface area contributed by atoms with Gasteiger partial charge in [0.25, 0.3) is 0 Å². The number of amides is 1. The lowest BCUT2D eigenvalue weighted by molar-refractivity contribution is -0.152. The standard InChI is InChI=1S/C32H44N2O4/c1-30(2,3)38-29(36)34(6)20-28(35)37-23-13-15-31(4)22(18-23)9-10-24-26-12-11-25(21-8-7-17-33-19-21)32(26,5)16-14-27(24)31/h7-9,11,17,19,23-24,26-27H,10,12-16,18,20H2,1-6H3/t23-,24-,26-,27-,31-,32+/m0/s1. The Morgan fingerprint density at radius 3 is 2.55 bits per heavy atom. The number of fused-ring (bicyclic) bond motifs is 5. The molecule has 1 heterocycles. The third-order valence-corrected chi connectivity index (χ3v) is 9.98. The average Bonchev–Trinajstić information content (AvgIpc) is 3.21. The van der Waals surface area contributed by atoms with Gasteiger partial charge in [-0.2, -0.15) is 0 Å². The van der Waals surface area contributed by atoms with Crippen LogP contribution in [0.5, 0.6) is 0 Å². The van der Waals surface area contributed by atoms with Crippen molar-refractivity contribution in [1.82, 2.24) is 9.88 Å². The van der Waals surface area contributed by atoms with Gasteiger partial charge in [-0.15, -0.1) is 0 Å². The Labute approximate surface area is 227 Å². The number of ether oxygens (including phenoxy) is 2. The summed E-state index contributed by atoms with van der Waals surface area (Å²) in [5, 5.41) is 0. The van der Waals surface area contributed by atoms with Crippen LogP contribution in [0, 0.1) is 28.6 Å². The minimum Gasteiger partial charge on any atom is -0.461 e. The lowest BCUT2D eigenvalue weighted by Gasteiger charge is -2.57. The van der Waals surface area contributed by atoms with Crippen LogP contribution in [0.15, 0.2) is 42.3 Å². The SMILES string of the molecule is CN(CC(=O)O[C@H]1CC[C@@]2(C)C(=CC[C@@H]3[C@@H]2CC[C@]2(C)C(c4cccnc4)=CC[C@@H]32)C1)C(=O)OC(C)(C)C. The Hall–Kier alpha value is -2.63. The fourth-order valence-corrected chi connectivity index (χ4v) is 8.09. The van der Waals surface area contributed by atoms with Crippen molar-refractivity contribution in [3.8, 4) is 0 Å². The highest BCUT2D eigenvalue weighted by Crippen LogP contribution is 2.66. The Kier molecular flexibility index (Phi) is 6.98. The summed E-state index contributed by atoms with van der Waals surface area (Å²) in [4.78, 5) is 30.6. The molecule has 6 heteroatoms. The van der Waals surface area contributed by atoms with Crippen LogP contribution in [0.4, 0.5) is 4.79 Å². The monoisotopic (exact) mass is 520 g/mol. The Morgan fingerprint density at radius 2 is 1.84 bits per heavy atom. The van der Waals surface area contributed by atoms with Crippen molar-refractivity contribution in [3.05, 3.63) is 47.8 Å². The fraction of sp³-hybridized carbons (Fsp3) is 0.656. The quantitative estimate of drug-likeness (QED) is 0.322. The normalized spacial score (nSPS) is 34.2. The number of aromatic nitrogens is 1. The summed E-state index contributed by atoms with van der Waals surface area (Å²) in [6, 6.07) is 4.27. The summed E-state index contributed by atoms with van der Waals surface area (Å²) in [6.07, 6.45) is 15.7. The minimum absolute atomic E-state index is 0.0983. The first-order valence-corrected chi connectivity index (χ1v) is 14.3. The summed E-state index contributed by atoms with van der Waals surface area (Å²) in [7, 11) is 1.57. The summed E-state index contributed by atoms with van der Waals surface area (Å²) in [5.74, 6) is 1.67. The van der Waals surface area contributed by atoms with Crippen molar-refractivity contribution in [2.75, 3.05) is 13.6 Å². The second-order valence-corrected chi connectivity index (χ2v) is 13.5. The number of allylic oxidation sites excluding steroid dienone is 3. The Morgan fingerprint density at radius 1 is 1.08 bits per heavy atom. The Balaban J connectivity index is 1.23. The van der Waals surface area contributed by atoms with Gasteiger partial charge in [-0.1, -0.05) is 37.6 Å². The fourth-order valence-electron chi connectivity index (χ4n) is 8.09. The van der Waals surface area contributed by atoms with E-state index in [1.54, 1.807) is 7.05 Å². The van der Waals surface area contributed by atoms with E-state index in [1.807, 2.05) is 33.2 Å². The van der Waals surface area contributed by atoms with Gasteiger partial charge in [0.05, 0.1) is 0 Å². The van der Waals surface area contributed by atoms with Crippen LogP contribution in [0.2, 0.25) is 0 Å². The van der Waals surface area contributed by atoms with Crippen molar-refractivity contribution >= 4 is 17.6 Å². The first-order chi connectivity index (χ1) is 17.9. The number of carbonyl (C=O) groups excluding carboxylic acids is 2. The van der Waals surface area contributed by atoms with Gasteiger partial charge >= 0.3 is 12.1 Å². The molecule has 2 fully saturated rings. The number of rotatable bonds is 4. The molecule has 0 N–H and O–H groups in total. The predicted molar refractivity (Wildman–Crippen MR) is 148 cm³/mol. The van der Waals surface area contributed by atoms with E-state index >= 15 is 0 Å². The third kappa shape index (κ3) is 4.91. The highest BCUT2D eigenvalue weighted by molar-refractivity contribution is 5.78. The maximum absolute atomic E-state index is 12.7. The molecule has 6 nitrogen and oxygen atoms in total. The molecule has 0 aromatic carbocycles. The van der Waals surface area contributed by atoms with Crippen LogP contribution in [-0.2, 0) is 14.3 Å². The van der Waals surface area contributed by atoms with E-state index < -0.39 is 11.7 Å². The summed E-state index contributed by atoms with van der Waals surface area (Å²) >= 11 is 0. The van der Waals surface area contributed by atoms with Crippen LogP contribution < -0.4 is 0 Å². The second-order valence-electron chi connectivity index (χ2n) is 13.5. The lowest BCUT2D eigenvalue weighted by atomic mass is 9.47. The van der Waals surface area contributed by atoms with Gasteiger partial charge in [0.15, 0.2) is 0 Å². The molecule has 6 atom stereocenters. The summed E-state index contributed by atoms with van der Waals surface area (Å²) in [6.45, 7) is 10.3. The molecular formula is C32H44N2O4. The van der Waals surface area contributed by atoms with E-state index in [0.717, 1.165) is 32.1 Å². The van der Waals surface area contributed by atoms with Crippen molar-refractivity contribution in [2.45, 2.75) is 91.3 Å². The first-order valence-electron chi connectivity index (χ1n) is 14.3. The molecule has 1 aromatic heterocycles. The zero-order valence-corrected chi connectivity index (χ0v) is 24.0. The molecule has 1 aromatic rings. The predicted octanol–water partition coefficient (Wildman–Crippen LogP) is 6.82. The van der Waals surface area contributed by atoms with Crippen molar-refractivity contribution in [1.29, 1.82) is 0 Å². The summed E-state index contributed by atoms with van der Waals surface area (Å²) < 4.78 is 11.2. The molecule has 206 valence electrons. The topological polar surface area (TPSA) is 68.7 Å². The zero-order chi connectivity index (χ0) is 27.3. The number of esters is 1. The van der Waals surface area contributed by atoms with Crippen LogP contribution in [0.3, 0.4) is 0 Å². The Bertz CT molecular complexity index is 1140. The van der Waals surface area contributed by atoms with Crippen LogP contribution in [0.25, 0.3) is 5.57 Å². The van der Waals surface area contributed by atoms with E-state index in [4.69, 9.17) is 9.47 Å². The largest absolute Gasteiger partial charge is 0.461 e. The molecule has 4 aliphatic rings. The van der Waals surface area contributed by atoms with Gasteiger partial charge in [0.2, 0.25) is 0 Å². The van der Waals surface area contributed by atoms with E-state index in [0.29, 0.717) is 17.8 Å². The van der Waals surface area contributed by atoms with Crippen molar-refractivity contribution < 1.29 is 19.1 Å². The number of nitrogens with zero attached hydrogens (tertiary/aromatic N) is 2. The maximum Gasteiger partial charge on any atom is 0.410 e. The van der Waals surface area contributed by atoms with E-state index in [-0.39, 0.29) is 29.4 Å². The zero-order valence-electron chi connectivity index (χ0n) is 24.0. The van der Waals surface area contributed by atoms with Crippen LogP contribution in [-0.4, -0.2) is 47.2 Å². The number of carbonyl (C=O) groups is 2. The number of hydrogen-bond acceptors (Lipinski definition) is 5. The van der Waals surface area contributed by atoms with Gasteiger partial charge in [-0.25, -0.2) is 4.79 Å². The second kappa shape index (κ2) is 9.84. The first kappa shape index (κ1) is 27.0. The molecule has 0 radical (unpaired) electrons. The van der Waals surface area contributed by atoms with Crippen LogP contribution in [0.1, 0.15) is 85.1 Å². The van der Waals surface area contributed by atoms with Gasteiger partial charge < -0.3 is 14.4 Å². The molecule has 4 aliphatic carbocycles. The maximum atomic E-state index is 12.7. The molecule has 0 saturated heterocycles. The molecule has 0 aliphatic heterocycles. The van der Waals surface area contributed by atoms with Crippen LogP contribution >= 0.6 is 0 Å². The molecule has 5 rings (SSSR count). The molecule has 0 bridgehead atoms. The van der Waals surface area contributed by atoms with E-state index in [1.165, 1.54) is 34.5 Å². The number of likely N-dealkylation sites (N-methyl/N-ethyl adjacent to an activating group) is 1. The molecule has 38 heavy (non-hydrogen) atoms. The average molecular weight is 521 g/mol. The molecule has 2 saturated carbocycles. The highest BCUT2D eigenvalue weighted by Gasteiger charge is 2.57. The third-order valence-electron chi connectivity index (χ3n) is 9.98. The minimum atomic E-state index is -0.597. The molecular weight excluding hydrogens is 476 g/mol. The van der Waals surface area contributed by atoms with Gasteiger partial charge in [-0.05, 0) is 105 Å². The number of hydrogen-bond donors (Lipinski definition) is 0. The smallest absolute Gasteiger partial charge is 0.410 e. The number of pyridine rings is 1. The molecule has 0 unspecified atom stereocenters. The van der Waals surface area contributed by atoms with Crippen molar-refractivity contribution in [2.24, 2.45) is 28.6 Å². The van der Waals surface area contributed by atoms with Crippen molar-refractivity contribution in [3.63, 3.8) is 0 Å². The van der Waals surface area contributed by atoms with Gasteiger partial charge in [-0.3, -0.25) is 9.78 Å². The van der Waals surface area contributed by atoms with E-state index in [9.17, 15) is 9.59 Å². The molecule has 1 amide bonds. The van der Waals surface area contributed by atoms with Gasteiger partial charge in [0.1, 0.15) is 18.2 Å². The lowest BCUT2D eigenvalue weighted by Crippen LogP contribution is -2.50.